The van der Waals surface area contributed by atoms with Crippen LogP contribution in [0.15, 0.2) is 36.4 Å². The van der Waals surface area contributed by atoms with Gasteiger partial charge in [0.2, 0.25) is 0 Å². The molecule has 0 spiro atoms. The molecule has 84 valence electrons. The number of allylic oxidation sites excluding steroid dienone is 1. The van der Waals surface area contributed by atoms with Gasteiger partial charge in [0.15, 0.2) is 0 Å². The standard InChI is InChI=1S/C11H13N3O2/c15-14(16)9-11-4-2-6-13(11)8-10-3-1-5-12-7-10/h1,3,5,7,9H,2,4,6,8H2/b11-9+. The quantitative estimate of drug-likeness (QED) is 0.574. The first-order chi connectivity index (χ1) is 7.75. The van der Waals surface area contributed by atoms with E-state index in [9.17, 15) is 10.1 Å². The molecular formula is C11H13N3O2. The zero-order chi connectivity index (χ0) is 11.4. The molecule has 1 fully saturated rings. The number of likely N-dealkylation sites (tertiary alicyclic amines) is 1. The van der Waals surface area contributed by atoms with Crippen LogP contribution in [0.5, 0.6) is 0 Å². The third-order valence-electron chi connectivity index (χ3n) is 2.62. The molecule has 1 aromatic heterocycles. The molecule has 0 unspecified atom stereocenters. The summed E-state index contributed by atoms with van der Waals surface area (Å²) in [6, 6.07) is 3.86. The molecule has 0 radical (unpaired) electrons. The first-order valence-corrected chi connectivity index (χ1v) is 5.24. The molecule has 1 aliphatic rings. The fourth-order valence-electron chi connectivity index (χ4n) is 1.91. The summed E-state index contributed by atoms with van der Waals surface area (Å²) in [5, 5.41) is 10.4. The van der Waals surface area contributed by atoms with Crippen molar-refractivity contribution in [2.24, 2.45) is 0 Å². The van der Waals surface area contributed by atoms with Gasteiger partial charge < -0.3 is 4.90 Å². The van der Waals surface area contributed by atoms with Gasteiger partial charge >= 0.3 is 0 Å². The van der Waals surface area contributed by atoms with Crippen LogP contribution in [0.1, 0.15) is 18.4 Å². The largest absolute Gasteiger partial charge is 0.365 e. The van der Waals surface area contributed by atoms with Crippen LogP contribution < -0.4 is 0 Å². The molecule has 5 nitrogen and oxygen atoms in total. The second-order valence-electron chi connectivity index (χ2n) is 3.79. The van der Waals surface area contributed by atoms with Crippen molar-refractivity contribution in [1.29, 1.82) is 0 Å². The normalized spacial score (nSPS) is 18.0. The van der Waals surface area contributed by atoms with E-state index in [-0.39, 0.29) is 4.92 Å². The summed E-state index contributed by atoms with van der Waals surface area (Å²) >= 11 is 0. The van der Waals surface area contributed by atoms with Crippen LogP contribution in [0.25, 0.3) is 0 Å². The van der Waals surface area contributed by atoms with Crippen LogP contribution in [0, 0.1) is 10.1 Å². The van der Waals surface area contributed by atoms with Crippen LogP contribution >= 0.6 is 0 Å². The minimum Gasteiger partial charge on any atom is -0.365 e. The number of hydrogen-bond acceptors (Lipinski definition) is 4. The van der Waals surface area contributed by atoms with Crippen molar-refractivity contribution in [3.8, 4) is 0 Å². The smallest absolute Gasteiger partial charge is 0.253 e. The summed E-state index contributed by atoms with van der Waals surface area (Å²) in [6.07, 6.45) is 6.41. The molecule has 1 aromatic rings. The minimum absolute atomic E-state index is 0.378. The predicted octanol–water partition coefficient (Wildman–Crippen LogP) is 1.80. The third kappa shape index (κ3) is 2.56. The lowest BCUT2D eigenvalue weighted by atomic mass is 10.2. The molecule has 1 aliphatic heterocycles. The van der Waals surface area contributed by atoms with E-state index in [1.165, 1.54) is 0 Å². The Labute approximate surface area is 93.6 Å². The first kappa shape index (κ1) is 10.6. The van der Waals surface area contributed by atoms with Gasteiger partial charge in [0.25, 0.3) is 6.20 Å². The van der Waals surface area contributed by atoms with Crippen LogP contribution in [0.3, 0.4) is 0 Å². The van der Waals surface area contributed by atoms with Gasteiger partial charge in [-0.15, -0.1) is 0 Å². The van der Waals surface area contributed by atoms with Crippen molar-refractivity contribution in [2.45, 2.75) is 19.4 Å². The maximum Gasteiger partial charge on any atom is 0.253 e. The van der Waals surface area contributed by atoms with Crippen molar-refractivity contribution in [3.05, 3.63) is 52.1 Å². The van der Waals surface area contributed by atoms with E-state index in [0.717, 1.165) is 36.8 Å². The Morgan fingerprint density at radius 1 is 1.62 bits per heavy atom. The number of rotatable bonds is 3. The van der Waals surface area contributed by atoms with E-state index in [2.05, 4.69) is 4.98 Å². The topological polar surface area (TPSA) is 59.3 Å². The molecule has 0 saturated carbocycles. The van der Waals surface area contributed by atoms with Crippen molar-refractivity contribution in [2.75, 3.05) is 6.54 Å². The van der Waals surface area contributed by atoms with Crippen molar-refractivity contribution in [3.63, 3.8) is 0 Å². The average Bonchev–Trinajstić information content (AvgIpc) is 2.66. The molecule has 0 amide bonds. The van der Waals surface area contributed by atoms with Gasteiger partial charge in [-0.25, -0.2) is 0 Å². The third-order valence-corrected chi connectivity index (χ3v) is 2.62. The molecule has 2 heterocycles. The molecule has 0 aromatic carbocycles. The van der Waals surface area contributed by atoms with E-state index >= 15 is 0 Å². The number of nitro groups is 1. The minimum atomic E-state index is -0.378. The van der Waals surface area contributed by atoms with E-state index in [1.54, 1.807) is 12.4 Å². The van der Waals surface area contributed by atoms with Crippen LogP contribution in [-0.4, -0.2) is 21.4 Å². The highest BCUT2D eigenvalue weighted by Crippen LogP contribution is 2.22. The van der Waals surface area contributed by atoms with E-state index in [4.69, 9.17) is 0 Å². The van der Waals surface area contributed by atoms with Gasteiger partial charge in [0.05, 0.1) is 10.6 Å². The van der Waals surface area contributed by atoms with Gasteiger partial charge in [-0.2, -0.15) is 0 Å². The molecule has 5 heteroatoms. The van der Waals surface area contributed by atoms with Crippen molar-refractivity contribution < 1.29 is 4.92 Å². The SMILES string of the molecule is O=[N+]([O-])/C=C1\CCCN1Cc1cccnc1. The first-order valence-electron chi connectivity index (χ1n) is 5.24. The van der Waals surface area contributed by atoms with Crippen molar-refractivity contribution in [1.82, 2.24) is 9.88 Å². The molecular weight excluding hydrogens is 206 g/mol. The highest BCUT2D eigenvalue weighted by atomic mass is 16.6. The fourth-order valence-corrected chi connectivity index (χ4v) is 1.91. The maximum absolute atomic E-state index is 10.4. The zero-order valence-electron chi connectivity index (χ0n) is 8.87. The monoisotopic (exact) mass is 219 g/mol. The van der Waals surface area contributed by atoms with Gasteiger partial charge in [0.1, 0.15) is 0 Å². The number of aromatic nitrogens is 1. The summed E-state index contributed by atoms with van der Waals surface area (Å²) in [5.41, 5.74) is 1.90. The maximum atomic E-state index is 10.4. The Balaban J connectivity index is 2.07. The molecule has 1 saturated heterocycles. The Hall–Kier alpha value is -1.91. The second-order valence-corrected chi connectivity index (χ2v) is 3.79. The Morgan fingerprint density at radius 2 is 2.50 bits per heavy atom. The fraction of sp³-hybridized carbons (Fsp3) is 0.364. The zero-order valence-corrected chi connectivity index (χ0v) is 8.87. The van der Waals surface area contributed by atoms with Gasteiger partial charge in [-0.05, 0) is 24.5 Å². The number of pyridine rings is 1. The summed E-state index contributed by atoms with van der Waals surface area (Å²) in [6.45, 7) is 1.59. The number of nitrogens with zero attached hydrogens (tertiary/aromatic N) is 3. The molecule has 2 rings (SSSR count). The summed E-state index contributed by atoms with van der Waals surface area (Å²) < 4.78 is 0. The summed E-state index contributed by atoms with van der Waals surface area (Å²) in [5.74, 6) is 0. The van der Waals surface area contributed by atoms with Gasteiger partial charge in [-0.1, -0.05) is 6.07 Å². The van der Waals surface area contributed by atoms with E-state index < -0.39 is 0 Å². The number of hydrogen-bond donors (Lipinski definition) is 0. The molecule has 0 aliphatic carbocycles. The Kier molecular flexibility index (Phi) is 3.14. The lowest BCUT2D eigenvalue weighted by Gasteiger charge is -2.17. The molecule has 0 bridgehead atoms. The van der Waals surface area contributed by atoms with Crippen molar-refractivity contribution >= 4 is 0 Å². The Morgan fingerprint density at radius 3 is 3.19 bits per heavy atom. The predicted molar refractivity (Wildman–Crippen MR) is 59.0 cm³/mol. The van der Waals surface area contributed by atoms with E-state index in [1.807, 2.05) is 17.0 Å². The highest BCUT2D eigenvalue weighted by Gasteiger charge is 2.19. The second kappa shape index (κ2) is 4.74. The van der Waals surface area contributed by atoms with Crippen LogP contribution in [0.4, 0.5) is 0 Å². The lowest BCUT2D eigenvalue weighted by molar-refractivity contribution is -0.404. The lowest BCUT2D eigenvalue weighted by Crippen LogP contribution is -2.17. The molecule has 0 atom stereocenters. The molecule has 0 N–H and O–H groups in total. The van der Waals surface area contributed by atoms with Gasteiger partial charge in [-0.3, -0.25) is 15.1 Å². The highest BCUT2D eigenvalue weighted by molar-refractivity contribution is 5.12. The Bertz CT molecular complexity index is 403. The van der Waals surface area contributed by atoms with E-state index in [0.29, 0.717) is 6.54 Å². The molecule has 16 heavy (non-hydrogen) atoms. The van der Waals surface area contributed by atoms with Gasteiger partial charge in [0, 0.05) is 25.5 Å². The summed E-state index contributed by atoms with van der Waals surface area (Å²) in [4.78, 5) is 16.1. The summed E-state index contributed by atoms with van der Waals surface area (Å²) in [7, 11) is 0. The average molecular weight is 219 g/mol. The van der Waals surface area contributed by atoms with Crippen LogP contribution in [-0.2, 0) is 6.54 Å². The van der Waals surface area contributed by atoms with Crippen LogP contribution in [0.2, 0.25) is 0 Å².